The predicted molar refractivity (Wildman–Crippen MR) is 102 cm³/mol. The van der Waals surface area contributed by atoms with Crippen LogP contribution in [0.25, 0.3) is 5.65 Å². The van der Waals surface area contributed by atoms with Crippen LogP contribution in [-0.2, 0) is 6.42 Å². The Morgan fingerprint density at radius 2 is 2.04 bits per heavy atom. The zero-order chi connectivity index (χ0) is 19.1. The Labute approximate surface area is 156 Å². The first-order valence-corrected chi connectivity index (χ1v) is 8.82. The van der Waals surface area contributed by atoms with Crippen molar-refractivity contribution >= 4 is 17.4 Å². The number of nitroso groups, excluding NO2 is 1. The third kappa shape index (κ3) is 2.75. The van der Waals surface area contributed by atoms with Crippen LogP contribution in [0, 0.1) is 11.8 Å². The zero-order valence-corrected chi connectivity index (χ0v) is 15.5. The van der Waals surface area contributed by atoms with Crippen molar-refractivity contribution in [2.45, 2.75) is 25.9 Å². The fourth-order valence-electron chi connectivity index (χ4n) is 3.57. The summed E-state index contributed by atoms with van der Waals surface area (Å²) in [7, 11) is 3.40. The molecule has 0 N–H and O–H groups in total. The van der Waals surface area contributed by atoms with E-state index < -0.39 is 0 Å². The molecule has 27 heavy (non-hydrogen) atoms. The number of carbonyl (C=O) groups excluding carboxylic acids is 1. The minimum absolute atomic E-state index is 0.128. The Balaban J connectivity index is 1.93. The zero-order valence-electron chi connectivity index (χ0n) is 15.5. The van der Waals surface area contributed by atoms with Gasteiger partial charge in [-0.05, 0) is 30.5 Å². The molecular formula is C20H20N4O3. The van der Waals surface area contributed by atoms with Gasteiger partial charge in [-0.15, -0.1) is 4.91 Å². The van der Waals surface area contributed by atoms with E-state index in [1.807, 2.05) is 30.3 Å². The maximum atomic E-state index is 12.7. The Morgan fingerprint density at radius 1 is 1.30 bits per heavy atom. The van der Waals surface area contributed by atoms with E-state index in [9.17, 15) is 9.70 Å². The number of nitrogens with zero attached hydrogens (tertiary/aromatic N) is 4. The molecule has 0 bridgehead atoms. The number of aryl methyl sites for hydroxylation is 1. The van der Waals surface area contributed by atoms with Gasteiger partial charge < -0.3 is 9.64 Å². The molecular weight excluding hydrogens is 344 g/mol. The van der Waals surface area contributed by atoms with Gasteiger partial charge in [0.25, 0.3) is 5.91 Å². The molecule has 1 amide bonds. The summed E-state index contributed by atoms with van der Waals surface area (Å²) in [6.07, 6.45) is 2.98. The van der Waals surface area contributed by atoms with Gasteiger partial charge >= 0.3 is 0 Å². The Hall–Kier alpha value is -3.22. The summed E-state index contributed by atoms with van der Waals surface area (Å²) >= 11 is 0. The van der Waals surface area contributed by atoms with E-state index in [-0.39, 0.29) is 17.8 Å². The number of pyridine rings is 1. The molecule has 0 radical (unpaired) electrons. The second kappa shape index (κ2) is 6.50. The van der Waals surface area contributed by atoms with Crippen LogP contribution in [0.15, 0.2) is 41.7 Å². The predicted octanol–water partition coefficient (Wildman–Crippen LogP) is 3.81. The van der Waals surface area contributed by atoms with Crippen molar-refractivity contribution in [1.29, 1.82) is 0 Å². The van der Waals surface area contributed by atoms with Crippen LogP contribution in [-0.4, -0.2) is 34.3 Å². The molecule has 7 nitrogen and oxygen atoms in total. The van der Waals surface area contributed by atoms with Gasteiger partial charge in [0.2, 0.25) is 5.82 Å². The Bertz CT molecular complexity index is 1040. The topological polar surface area (TPSA) is 76.3 Å². The maximum Gasteiger partial charge on any atom is 0.255 e. The van der Waals surface area contributed by atoms with Gasteiger partial charge in [0.15, 0.2) is 11.4 Å². The largest absolute Gasteiger partial charge is 0.481 e. The first-order valence-electron chi connectivity index (χ1n) is 8.82. The molecule has 138 valence electrons. The highest BCUT2D eigenvalue weighted by Gasteiger charge is 2.30. The van der Waals surface area contributed by atoms with Crippen LogP contribution in [0.1, 0.15) is 39.7 Å². The van der Waals surface area contributed by atoms with Gasteiger partial charge in [0.1, 0.15) is 6.10 Å². The number of aromatic nitrogens is 2. The third-order valence-electron chi connectivity index (χ3n) is 4.93. The van der Waals surface area contributed by atoms with Gasteiger partial charge in [0, 0.05) is 25.9 Å². The first-order chi connectivity index (χ1) is 13.0. The van der Waals surface area contributed by atoms with Gasteiger partial charge in [-0.1, -0.05) is 30.3 Å². The summed E-state index contributed by atoms with van der Waals surface area (Å²) in [4.78, 5) is 30.1. The summed E-state index contributed by atoms with van der Waals surface area (Å²) in [6, 6.07) is 9.97. The normalized spacial score (nSPS) is 15.9. The molecule has 3 heterocycles. The molecule has 7 heteroatoms. The quantitative estimate of drug-likeness (QED) is 0.662. The molecule has 2 aromatic heterocycles. The number of hydrogen-bond donors (Lipinski definition) is 0. The van der Waals surface area contributed by atoms with Crippen molar-refractivity contribution in [2.75, 3.05) is 14.1 Å². The van der Waals surface area contributed by atoms with E-state index in [1.165, 1.54) is 4.90 Å². The standard InChI is InChI=1S/C20H20N4O3/c1-12-18(22-26)24-11-15(20(25)23(2)3)14-9-10-16(13-7-5-4-6-8-13)27-17(14)19(24)21-12/h4-8,11,16H,9-10H2,1-3H3. The van der Waals surface area contributed by atoms with Crippen molar-refractivity contribution in [2.24, 2.45) is 5.18 Å². The van der Waals surface area contributed by atoms with Crippen LogP contribution in [0.5, 0.6) is 5.75 Å². The number of benzene rings is 1. The van der Waals surface area contributed by atoms with E-state index in [1.54, 1.807) is 31.6 Å². The number of amides is 1. The molecule has 0 spiro atoms. The minimum atomic E-state index is -0.141. The fraction of sp³-hybridized carbons (Fsp3) is 0.300. The molecule has 0 saturated carbocycles. The number of ether oxygens (including phenoxy) is 1. The van der Waals surface area contributed by atoms with Crippen molar-refractivity contribution in [1.82, 2.24) is 14.3 Å². The first kappa shape index (κ1) is 17.2. The third-order valence-corrected chi connectivity index (χ3v) is 4.93. The summed E-state index contributed by atoms with van der Waals surface area (Å²) in [6.45, 7) is 1.72. The minimum Gasteiger partial charge on any atom is -0.481 e. The van der Waals surface area contributed by atoms with Crippen LogP contribution in [0.4, 0.5) is 5.82 Å². The fourth-order valence-corrected chi connectivity index (χ4v) is 3.57. The van der Waals surface area contributed by atoms with Crippen molar-refractivity contribution in [3.05, 3.63) is 63.8 Å². The summed E-state index contributed by atoms with van der Waals surface area (Å²) in [5.41, 5.74) is 3.44. The summed E-state index contributed by atoms with van der Waals surface area (Å²) < 4.78 is 7.88. The van der Waals surface area contributed by atoms with E-state index in [0.717, 1.165) is 17.5 Å². The van der Waals surface area contributed by atoms with Crippen LogP contribution in [0.3, 0.4) is 0 Å². The van der Waals surface area contributed by atoms with Crippen molar-refractivity contribution < 1.29 is 9.53 Å². The Kier molecular flexibility index (Phi) is 4.14. The molecule has 3 aromatic rings. The molecule has 1 aliphatic heterocycles. The highest BCUT2D eigenvalue weighted by Crippen LogP contribution is 2.41. The smallest absolute Gasteiger partial charge is 0.255 e. The molecule has 1 aromatic carbocycles. The lowest BCUT2D eigenvalue weighted by molar-refractivity contribution is 0.0823. The highest BCUT2D eigenvalue weighted by atomic mass is 16.5. The second-order valence-electron chi connectivity index (χ2n) is 6.91. The monoisotopic (exact) mass is 364 g/mol. The van der Waals surface area contributed by atoms with E-state index in [0.29, 0.717) is 29.1 Å². The van der Waals surface area contributed by atoms with Crippen molar-refractivity contribution in [3.8, 4) is 5.75 Å². The highest BCUT2D eigenvalue weighted by molar-refractivity contribution is 5.97. The average molecular weight is 364 g/mol. The lowest BCUT2D eigenvalue weighted by Gasteiger charge is -2.28. The van der Waals surface area contributed by atoms with Gasteiger partial charge in [0.05, 0.1) is 11.3 Å². The van der Waals surface area contributed by atoms with Crippen molar-refractivity contribution in [3.63, 3.8) is 0 Å². The van der Waals surface area contributed by atoms with Crippen LogP contribution >= 0.6 is 0 Å². The second-order valence-corrected chi connectivity index (χ2v) is 6.91. The molecule has 0 fully saturated rings. The van der Waals surface area contributed by atoms with E-state index >= 15 is 0 Å². The number of hydrogen-bond acceptors (Lipinski definition) is 5. The lowest BCUT2D eigenvalue weighted by atomic mass is 9.95. The average Bonchev–Trinajstić information content (AvgIpc) is 3.02. The number of imidazole rings is 1. The van der Waals surface area contributed by atoms with Crippen LogP contribution < -0.4 is 4.74 Å². The number of rotatable bonds is 3. The molecule has 1 atom stereocenters. The number of carbonyl (C=O) groups is 1. The molecule has 4 rings (SSSR count). The molecule has 1 aliphatic rings. The SMILES string of the molecule is Cc1nc2c3c(c(C(=O)N(C)C)cn2c1N=O)CCC(c1ccccc1)O3. The van der Waals surface area contributed by atoms with Gasteiger partial charge in [-0.2, -0.15) is 0 Å². The Morgan fingerprint density at radius 3 is 2.70 bits per heavy atom. The van der Waals surface area contributed by atoms with Gasteiger partial charge in [-0.3, -0.25) is 9.20 Å². The maximum absolute atomic E-state index is 12.7. The van der Waals surface area contributed by atoms with E-state index in [4.69, 9.17) is 4.74 Å². The molecule has 0 aliphatic carbocycles. The molecule has 0 saturated heterocycles. The van der Waals surface area contributed by atoms with E-state index in [2.05, 4.69) is 10.2 Å². The molecule has 1 unspecified atom stereocenters. The lowest BCUT2D eigenvalue weighted by Crippen LogP contribution is -2.26. The van der Waals surface area contributed by atoms with Crippen LogP contribution in [0.2, 0.25) is 0 Å². The summed E-state index contributed by atoms with van der Waals surface area (Å²) in [5.74, 6) is 0.602. The summed E-state index contributed by atoms with van der Waals surface area (Å²) in [5, 5.41) is 3.10. The number of fused-ring (bicyclic) bond motifs is 3. The van der Waals surface area contributed by atoms with Gasteiger partial charge in [-0.25, -0.2) is 4.98 Å².